The third-order valence-electron chi connectivity index (χ3n) is 2.53. The van der Waals surface area contributed by atoms with Crippen molar-refractivity contribution >= 4 is 23.0 Å². The zero-order chi connectivity index (χ0) is 14.0. The van der Waals surface area contributed by atoms with E-state index in [-0.39, 0.29) is 10.6 Å². The molecule has 0 aliphatic carbocycles. The SMILES string of the molecule is CCc1nc(-c2cccc([N+](=O)[O-])c2)sc1C(=O)O. The molecule has 0 amide bonds. The quantitative estimate of drug-likeness (QED) is 0.685. The first-order chi connectivity index (χ1) is 9.02. The van der Waals surface area contributed by atoms with E-state index >= 15 is 0 Å². The van der Waals surface area contributed by atoms with Crippen LogP contribution < -0.4 is 0 Å². The average molecular weight is 278 g/mol. The summed E-state index contributed by atoms with van der Waals surface area (Å²) in [5, 5.41) is 20.3. The van der Waals surface area contributed by atoms with Crippen molar-refractivity contribution < 1.29 is 14.8 Å². The second-order valence-electron chi connectivity index (χ2n) is 3.76. The van der Waals surface area contributed by atoms with Crippen molar-refractivity contribution in [2.45, 2.75) is 13.3 Å². The highest BCUT2D eigenvalue weighted by molar-refractivity contribution is 7.17. The summed E-state index contributed by atoms with van der Waals surface area (Å²) in [6.45, 7) is 1.82. The number of hydrogen-bond acceptors (Lipinski definition) is 5. The molecule has 2 rings (SSSR count). The van der Waals surface area contributed by atoms with Crippen LogP contribution in [0.4, 0.5) is 5.69 Å². The van der Waals surface area contributed by atoms with E-state index < -0.39 is 10.9 Å². The Kier molecular flexibility index (Phi) is 3.57. The molecule has 0 spiro atoms. The van der Waals surface area contributed by atoms with Gasteiger partial charge in [-0.15, -0.1) is 11.3 Å². The Bertz CT molecular complexity index is 651. The summed E-state index contributed by atoms with van der Waals surface area (Å²) >= 11 is 1.03. The van der Waals surface area contributed by atoms with E-state index in [1.807, 2.05) is 6.92 Å². The van der Waals surface area contributed by atoms with Gasteiger partial charge in [0.1, 0.15) is 9.88 Å². The maximum atomic E-state index is 11.1. The van der Waals surface area contributed by atoms with Crippen LogP contribution in [0.25, 0.3) is 10.6 Å². The highest BCUT2D eigenvalue weighted by Crippen LogP contribution is 2.30. The summed E-state index contributed by atoms with van der Waals surface area (Å²) in [6.07, 6.45) is 0.507. The number of non-ortho nitro benzene ring substituents is 1. The Hall–Kier alpha value is -2.28. The first kappa shape index (κ1) is 13.2. The summed E-state index contributed by atoms with van der Waals surface area (Å²) in [6, 6.07) is 6.01. The van der Waals surface area contributed by atoms with Crippen LogP contribution in [0.3, 0.4) is 0 Å². The molecule has 2 aromatic rings. The number of benzene rings is 1. The molecule has 6 nitrogen and oxygen atoms in total. The zero-order valence-electron chi connectivity index (χ0n) is 9.99. The number of nitro groups is 1. The number of nitrogens with zero attached hydrogens (tertiary/aromatic N) is 2. The highest BCUT2D eigenvalue weighted by atomic mass is 32.1. The summed E-state index contributed by atoms with van der Waals surface area (Å²) < 4.78 is 0. The normalized spacial score (nSPS) is 10.4. The van der Waals surface area contributed by atoms with Crippen LogP contribution in [-0.2, 0) is 6.42 Å². The van der Waals surface area contributed by atoms with Crippen LogP contribution in [0, 0.1) is 10.1 Å². The zero-order valence-corrected chi connectivity index (χ0v) is 10.8. The molecule has 0 saturated heterocycles. The number of hydrogen-bond donors (Lipinski definition) is 1. The predicted molar refractivity (Wildman–Crippen MR) is 70.5 cm³/mol. The minimum atomic E-state index is -1.02. The van der Waals surface area contributed by atoms with Crippen molar-refractivity contribution in [3.05, 3.63) is 45.0 Å². The molecule has 0 bridgehead atoms. The number of carboxylic acid groups (broad SMARTS) is 1. The van der Waals surface area contributed by atoms with Crippen molar-refractivity contribution in [1.29, 1.82) is 0 Å². The van der Waals surface area contributed by atoms with E-state index in [1.165, 1.54) is 12.1 Å². The van der Waals surface area contributed by atoms with Gasteiger partial charge in [0.2, 0.25) is 0 Å². The Morgan fingerprint density at radius 2 is 2.26 bits per heavy atom. The Morgan fingerprint density at radius 1 is 1.53 bits per heavy atom. The summed E-state index contributed by atoms with van der Waals surface area (Å²) in [4.78, 5) is 25.7. The minimum Gasteiger partial charge on any atom is -0.477 e. The smallest absolute Gasteiger partial charge is 0.347 e. The largest absolute Gasteiger partial charge is 0.477 e. The highest BCUT2D eigenvalue weighted by Gasteiger charge is 2.18. The van der Waals surface area contributed by atoms with Gasteiger partial charge in [0, 0.05) is 17.7 Å². The van der Waals surface area contributed by atoms with Gasteiger partial charge < -0.3 is 5.11 Å². The van der Waals surface area contributed by atoms with Crippen molar-refractivity contribution in [3.63, 3.8) is 0 Å². The second-order valence-corrected chi connectivity index (χ2v) is 4.76. The van der Waals surface area contributed by atoms with E-state index in [1.54, 1.807) is 12.1 Å². The first-order valence-corrected chi connectivity index (χ1v) is 6.32. The molecule has 98 valence electrons. The average Bonchev–Trinajstić information content (AvgIpc) is 2.83. The van der Waals surface area contributed by atoms with Gasteiger partial charge in [-0.05, 0) is 6.42 Å². The molecule has 0 radical (unpaired) electrons. The molecule has 19 heavy (non-hydrogen) atoms. The summed E-state index contributed by atoms with van der Waals surface area (Å²) in [5.74, 6) is -1.02. The lowest BCUT2D eigenvalue weighted by Crippen LogP contribution is -1.97. The van der Waals surface area contributed by atoms with E-state index in [0.29, 0.717) is 22.7 Å². The van der Waals surface area contributed by atoms with Crippen LogP contribution in [0.5, 0.6) is 0 Å². The van der Waals surface area contributed by atoms with Crippen molar-refractivity contribution in [2.75, 3.05) is 0 Å². The van der Waals surface area contributed by atoms with Gasteiger partial charge in [-0.3, -0.25) is 10.1 Å². The molecule has 7 heteroatoms. The van der Waals surface area contributed by atoms with Crippen molar-refractivity contribution in [3.8, 4) is 10.6 Å². The van der Waals surface area contributed by atoms with E-state index in [4.69, 9.17) is 5.11 Å². The van der Waals surface area contributed by atoms with Gasteiger partial charge in [0.25, 0.3) is 5.69 Å². The van der Waals surface area contributed by atoms with Gasteiger partial charge >= 0.3 is 5.97 Å². The number of rotatable bonds is 4. The van der Waals surface area contributed by atoms with Crippen LogP contribution in [0.1, 0.15) is 22.3 Å². The van der Waals surface area contributed by atoms with Crippen LogP contribution in [-0.4, -0.2) is 21.0 Å². The summed E-state index contributed by atoms with van der Waals surface area (Å²) in [7, 11) is 0. The lowest BCUT2D eigenvalue weighted by Gasteiger charge is -1.95. The van der Waals surface area contributed by atoms with Gasteiger partial charge in [-0.1, -0.05) is 19.1 Å². The fourth-order valence-electron chi connectivity index (χ4n) is 1.63. The number of aromatic carboxylic acids is 1. The van der Waals surface area contributed by atoms with Crippen LogP contribution in [0.15, 0.2) is 24.3 Å². The summed E-state index contributed by atoms with van der Waals surface area (Å²) in [5.41, 5.74) is 1.02. The molecular formula is C12H10N2O4S. The van der Waals surface area contributed by atoms with E-state index in [9.17, 15) is 14.9 Å². The molecule has 1 heterocycles. The number of aromatic nitrogens is 1. The lowest BCUT2D eigenvalue weighted by atomic mass is 10.2. The molecule has 0 unspecified atom stereocenters. The number of carbonyl (C=O) groups is 1. The molecular weight excluding hydrogens is 268 g/mol. The van der Waals surface area contributed by atoms with E-state index in [0.717, 1.165) is 11.3 Å². The molecule has 1 aromatic carbocycles. The standard InChI is InChI=1S/C12H10N2O4S/c1-2-9-10(12(15)16)19-11(13-9)7-4-3-5-8(6-7)14(17)18/h3-6H,2H2,1H3,(H,15,16). The maximum absolute atomic E-state index is 11.1. The van der Waals surface area contributed by atoms with Gasteiger partial charge in [-0.25, -0.2) is 9.78 Å². The Morgan fingerprint density at radius 3 is 2.79 bits per heavy atom. The lowest BCUT2D eigenvalue weighted by molar-refractivity contribution is -0.384. The van der Waals surface area contributed by atoms with Crippen molar-refractivity contribution in [1.82, 2.24) is 4.98 Å². The Balaban J connectivity index is 2.50. The van der Waals surface area contributed by atoms with Gasteiger partial charge in [0.15, 0.2) is 0 Å². The number of nitro benzene ring substituents is 1. The van der Waals surface area contributed by atoms with E-state index in [2.05, 4.69) is 4.98 Å². The van der Waals surface area contributed by atoms with Gasteiger partial charge in [0.05, 0.1) is 10.6 Å². The second kappa shape index (κ2) is 5.15. The molecule has 0 aliphatic rings. The van der Waals surface area contributed by atoms with Crippen LogP contribution in [0.2, 0.25) is 0 Å². The fraction of sp³-hybridized carbons (Fsp3) is 0.167. The maximum Gasteiger partial charge on any atom is 0.347 e. The van der Waals surface area contributed by atoms with Crippen LogP contribution >= 0.6 is 11.3 Å². The van der Waals surface area contributed by atoms with Gasteiger partial charge in [-0.2, -0.15) is 0 Å². The number of thiazole rings is 1. The minimum absolute atomic E-state index is 0.0392. The molecule has 0 fully saturated rings. The molecule has 0 aliphatic heterocycles. The number of aryl methyl sites for hydroxylation is 1. The first-order valence-electron chi connectivity index (χ1n) is 5.50. The topological polar surface area (TPSA) is 93.3 Å². The molecule has 0 atom stereocenters. The third-order valence-corrected chi connectivity index (χ3v) is 3.67. The molecule has 0 saturated carbocycles. The Labute approximate surface area is 112 Å². The predicted octanol–water partition coefficient (Wildman–Crippen LogP) is 2.98. The number of carboxylic acids is 1. The molecule has 1 aromatic heterocycles. The monoisotopic (exact) mass is 278 g/mol. The molecule has 1 N–H and O–H groups in total. The fourth-order valence-corrected chi connectivity index (χ4v) is 2.62. The third kappa shape index (κ3) is 2.60. The van der Waals surface area contributed by atoms with Crippen molar-refractivity contribution in [2.24, 2.45) is 0 Å².